The molecule has 1 aromatic rings. The number of nitrogens with zero attached hydrogens (tertiary/aromatic N) is 1. The molecule has 0 radical (unpaired) electrons. The molecule has 2 amide bonds. The lowest BCUT2D eigenvalue weighted by atomic mass is 9.97. The molecule has 1 unspecified atom stereocenters. The van der Waals surface area contributed by atoms with Crippen molar-refractivity contribution in [1.82, 2.24) is 10.2 Å². The Balaban J connectivity index is 1.75. The highest BCUT2D eigenvalue weighted by molar-refractivity contribution is 9.10. The van der Waals surface area contributed by atoms with Gasteiger partial charge in [-0.05, 0) is 76.8 Å². The van der Waals surface area contributed by atoms with E-state index in [1.807, 2.05) is 32.0 Å². The molecule has 0 spiro atoms. The lowest BCUT2D eigenvalue weighted by Crippen LogP contribution is -2.46. The van der Waals surface area contributed by atoms with E-state index in [4.69, 9.17) is 0 Å². The van der Waals surface area contributed by atoms with Crippen LogP contribution in [-0.2, 0) is 9.59 Å². The summed E-state index contributed by atoms with van der Waals surface area (Å²) in [5.74, 6) is -0.170. The number of rotatable bonds is 8. The van der Waals surface area contributed by atoms with Crippen LogP contribution in [0.3, 0.4) is 0 Å². The Morgan fingerprint density at radius 3 is 2.74 bits per heavy atom. The minimum Gasteiger partial charge on any atom is -0.354 e. The molecule has 0 saturated carbocycles. The predicted molar refractivity (Wildman–Crippen MR) is 114 cm³/mol. The van der Waals surface area contributed by atoms with Crippen LogP contribution in [0, 0.1) is 6.92 Å². The van der Waals surface area contributed by atoms with E-state index in [0.29, 0.717) is 6.54 Å². The molecule has 0 bridgehead atoms. The van der Waals surface area contributed by atoms with Gasteiger partial charge >= 0.3 is 0 Å². The summed E-state index contributed by atoms with van der Waals surface area (Å²) in [4.78, 5) is 26.4. The van der Waals surface area contributed by atoms with E-state index in [9.17, 15) is 9.59 Å². The SMILES string of the molecule is Cc1cc(Br)ccc1NC(=O)CN(C)C(C)C(=O)NCCC1=CCCCC1. The van der Waals surface area contributed by atoms with Gasteiger partial charge in [0.15, 0.2) is 0 Å². The summed E-state index contributed by atoms with van der Waals surface area (Å²) in [5, 5.41) is 5.90. The molecule has 6 heteroatoms. The molecule has 1 aliphatic carbocycles. The summed E-state index contributed by atoms with van der Waals surface area (Å²) in [6.45, 7) is 4.59. The number of carbonyl (C=O) groups is 2. The largest absolute Gasteiger partial charge is 0.354 e. The lowest BCUT2D eigenvalue weighted by Gasteiger charge is -2.23. The van der Waals surface area contributed by atoms with Crippen molar-refractivity contribution in [2.45, 2.75) is 52.0 Å². The first-order valence-electron chi connectivity index (χ1n) is 9.58. The molecule has 0 aliphatic heterocycles. The van der Waals surface area contributed by atoms with Crippen LogP contribution in [0.1, 0.15) is 44.6 Å². The quantitative estimate of drug-likeness (QED) is 0.605. The fraction of sp³-hybridized carbons (Fsp3) is 0.524. The van der Waals surface area contributed by atoms with Gasteiger partial charge in [-0.15, -0.1) is 0 Å². The second-order valence-electron chi connectivity index (χ2n) is 7.25. The molecular formula is C21H30BrN3O2. The number of hydrogen-bond acceptors (Lipinski definition) is 3. The van der Waals surface area contributed by atoms with Crippen molar-refractivity contribution in [1.29, 1.82) is 0 Å². The van der Waals surface area contributed by atoms with Crippen LogP contribution in [-0.4, -0.2) is 42.9 Å². The molecular weight excluding hydrogens is 406 g/mol. The highest BCUT2D eigenvalue weighted by Gasteiger charge is 2.20. The van der Waals surface area contributed by atoms with Crippen molar-refractivity contribution >= 4 is 33.4 Å². The molecule has 0 aromatic heterocycles. The Morgan fingerprint density at radius 2 is 2.07 bits per heavy atom. The summed E-state index contributed by atoms with van der Waals surface area (Å²) < 4.78 is 0.976. The molecule has 2 rings (SSSR count). The highest BCUT2D eigenvalue weighted by Crippen LogP contribution is 2.20. The highest BCUT2D eigenvalue weighted by atomic mass is 79.9. The third kappa shape index (κ3) is 7.11. The average Bonchev–Trinajstić information content (AvgIpc) is 2.64. The lowest BCUT2D eigenvalue weighted by molar-refractivity contribution is -0.126. The number of halogens is 1. The molecule has 1 aliphatic rings. The van der Waals surface area contributed by atoms with Gasteiger partial charge in [0, 0.05) is 16.7 Å². The molecule has 27 heavy (non-hydrogen) atoms. The number of hydrogen-bond donors (Lipinski definition) is 2. The van der Waals surface area contributed by atoms with Crippen LogP contribution >= 0.6 is 15.9 Å². The van der Waals surface area contributed by atoms with Crippen LogP contribution in [0.4, 0.5) is 5.69 Å². The minimum atomic E-state index is -0.359. The average molecular weight is 436 g/mol. The van der Waals surface area contributed by atoms with Gasteiger partial charge in [-0.2, -0.15) is 0 Å². The van der Waals surface area contributed by atoms with Gasteiger partial charge in [-0.25, -0.2) is 0 Å². The van der Waals surface area contributed by atoms with Crippen LogP contribution in [0.2, 0.25) is 0 Å². The van der Waals surface area contributed by atoms with Crippen molar-refractivity contribution in [2.24, 2.45) is 0 Å². The monoisotopic (exact) mass is 435 g/mol. The first-order valence-corrected chi connectivity index (χ1v) is 10.4. The third-order valence-electron chi connectivity index (χ3n) is 5.03. The minimum absolute atomic E-state index is 0.0402. The van der Waals surface area contributed by atoms with E-state index in [2.05, 4.69) is 32.6 Å². The second kappa shape index (κ2) is 10.6. The number of anilines is 1. The number of allylic oxidation sites excluding steroid dienone is 1. The van der Waals surface area contributed by atoms with E-state index >= 15 is 0 Å². The number of likely N-dealkylation sites (N-methyl/N-ethyl adjacent to an activating group) is 1. The molecule has 148 valence electrons. The zero-order chi connectivity index (χ0) is 19.8. The Kier molecular flexibility index (Phi) is 8.51. The maximum Gasteiger partial charge on any atom is 0.238 e. The van der Waals surface area contributed by atoms with Crippen molar-refractivity contribution in [2.75, 3.05) is 25.5 Å². The standard InChI is InChI=1S/C21H30BrN3O2/c1-15-13-18(22)9-10-19(15)24-20(26)14-25(3)16(2)21(27)23-12-11-17-7-5-4-6-8-17/h7,9-10,13,16H,4-6,8,11-12,14H2,1-3H3,(H,23,27)(H,24,26). The van der Waals surface area contributed by atoms with E-state index in [1.165, 1.54) is 18.4 Å². The smallest absolute Gasteiger partial charge is 0.238 e. The van der Waals surface area contributed by atoms with Gasteiger partial charge in [0.1, 0.15) is 0 Å². The molecule has 0 saturated heterocycles. The van der Waals surface area contributed by atoms with E-state index in [-0.39, 0.29) is 24.4 Å². The fourth-order valence-electron chi connectivity index (χ4n) is 3.15. The number of benzene rings is 1. The normalized spacial score (nSPS) is 15.2. The van der Waals surface area contributed by atoms with Gasteiger partial charge in [0.05, 0.1) is 12.6 Å². The van der Waals surface area contributed by atoms with Crippen molar-refractivity contribution in [3.63, 3.8) is 0 Å². The predicted octanol–water partition coefficient (Wildman–Crippen LogP) is 4.02. The first-order chi connectivity index (χ1) is 12.9. The molecule has 1 aromatic carbocycles. The number of aryl methyl sites for hydroxylation is 1. The molecule has 2 N–H and O–H groups in total. The van der Waals surface area contributed by atoms with Gasteiger partial charge in [0.2, 0.25) is 11.8 Å². The molecule has 0 heterocycles. The summed E-state index contributed by atoms with van der Waals surface area (Å²) in [6, 6.07) is 5.36. The second-order valence-corrected chi connectivity index (χ2v) is 8.16. The van der Waals surface area contributed by atoms with Crippen LogP contribution in [0.5, 0.6) is 0 Å². The van der Waals surface area contributed by atoms with E-state index in [1.54, 1.807) is 11.9 Å². The van der Waals surface area contributed by atoms with Crippen molar-refractivity contribution < 1.29 is 9.59 Å². The van der Waals surface area contributed by atoms with Crippen LogP contribution in [0.25, 0.3) is 0 Å². The summed E-state index contributed by atoms with van der Waals surface area (Å²) >= 11 is 3.41. The van der Waals surface area contributed by atoms with Gasteiger partial charge in [0.25, 0.3) is 0 Å². The summed E-state index contributed by atoms with van der Waals surface area (Å²) in [5.41, 5.74) is 3.23. The third-order valence-corrected chi connectivity index (χ3v) is 5.52. The Labute approximate surface area is 170 Å². The fourth-order valence-corrected chi connectivity index (χ4v) is 3.62. The van der Waals surface area contributed by atoms with Crippen molar-refractivity contribution in [3.05, 3.63) is 39.9 Å². The number of nitrogens with one attached hydrogen (secondary N) is 2. The molecule has 1 atom stereocenters. The maximum atomic E-state index is 12.3. The van der Waals surface area contributed by atoms with E-state index < -0.39 is 0 Å². The van der Waals surface area contributed by atoms with Crippen LogP contribution in [0.15, 0.2) is 34.3 Å². The zero-order valence-corrected chi connectivity index (χ0v) is 18.1. The zero-order valence-electron chi connectivity index (χ0n) is 16.5. The maximum absolute atomic E-state index is 12.3. The number of amides is 2. The Hall–Kier alpha value is -1.66. The van der Waals surface area contributed by atoms with Crippen molar-refractivity contribution in [3.8, 4) is 0 Å². The number of carbonyl (C=O) groups excluding carboxylic acids is 2. The summed E-state index contributed by atoms with van der Waals surface area (Å²) in [6.07, 6.45) is 8.08. The Bertz CT molecular complexity index is 703. The van der Waals surface area contributed by atoms with Gasteiger partial charge in [-0.3, -0.25) is 14.5 Å². The van der Waals surface area contributed by atoms with Gasteiger partial charge < -0.3 is 10.6 Å². The van der Waals surface area contributed by atoms with Crippen LogP contribution < -0.4 is 10.6 Å². The first kappa shape index (κ1) is 21.6. The van der Waals surface area contributed by atoms with Gasteiger partial charge in [-0.1, -0.05) is 27.6 Å². The molecule has 5 nitrogen and oxygen atoms in total. The topological polar surface area (TPSA) is 61.4 Å². The summed E-state index contributed by atoms with van der Waals surface area (Å²) in [7, 11) is 1.79. The van der Waals surface area contributed by atoms with E-state index in [0.717, 1.165) is 35.0 Å². The Morgan fingerprint density at radius 1 is 1.30 bits per heavy atom. The molecule has 0 fully saturated rings.